The first-order valence-corrected chi connectivity index (χ1v) is 9.25. The summed E-state index contributed by atoms with van der Waals surface area (Å²) in [6, 6.07) is 13.7. The number of aryl methyl sites for hydroxylation is 1. The Bertz CT molecular complexity index is 1100. The Hall–Kier alpha value is -3.33. The second kappa shape index (κ2) is 8.57. The molecule has 1 amide bonds. The van der Waals surface area contributed by atoms with E-state index in [0.29, 0.717) is 15.0 Å². The molecule has 0 aliphatic heterocycles. The largest absolute Gasteiger partial charge is 0.469 e. The fraction of sp³-hybridized carbons (Fsp3) is 0.211. The van der Waals surface area contributed by atoms with Crippen molar-refractivity contribution < 1.29 is 19.2 Å². The Kier molecular flexibility index (Phi) is 5.95. The van der Waals surface area contributed by atoms with E-state index in [-0.39, 0.29) is 31.0 Å². The van der Waals surface area contributed by atoms with Gasteiger partial charge in [0.25, 0.3) is 11.6 Å². The average molecular weight is 399 g/mol. The van der Waals surface area contributed by atoms with Crippen molar-refractivity contribution in [3.05, 3.63) is 69.0 Å². The van der Waals surface area contributed by atoms with Crippen LogP contribution in [0, 0.1) is 10.1 Å². The number of nitro groups is 1. The highest BCUT2D eigenvalue weighted by molar-refractivity contribution is 7.16. The molecule has 1 heterocycles. The van der Waals surface area contributed by atoms with Crippen LogP contribution in [0.5, 0.6) is 0 Å². The van der Waals surface area contributed by atoms with Gasteiger partial charge in [-0.05, 0) is 11.6 Å². The summed E-state index contributed by atoms with van der Waals surface area (Å²) in [5.41, 5.74) is 1.47. The van der Waals surface area contributed by atoms with E-state index in [1.165, 1.54) is 30.6 Å². The number of nitro benzene ring substituents is 1. The molecule has 8 nitrogen and oxygen atoms in total. The van der Waals surface area contributed by atoms with Gasteiger partial charge in [-0.15, -0.1) is 0 Å². The number of amides is 1. The van der Waals surface area contributed by atoms with Crippen molar-refractivity contribution in [1.29, 1.82) is 0 Å². The molecule has 0 saturated heterocycles. The molecule has 0 fully saturated rings. The smallest absolute Gasteiger partial charge is 0.307 e. The number of carbonyl (C=O) groups excluding carboxylic acids is 2. The van der Waals surface area contributed by atoms with Crippen LogP contribution >= 0.6 is 11.3 Å². The third-order valence-corrected chi connectivity index (χ3v) is 5.10. The normalized spacial score (nSPS) is 11.5. The molecule has 2 aromatic carbocycles. The van der Waals surface area contributed by atoms with E-state index < -0.39 is 10.9 Å². The van der Waals surface area contributed by atoms with Crippen LogP contribution in [-0.4, -0.2) is 28.5 Å². The van der Waals surface area contributed by atoms with Crippen LogP contribution in [0.3, 0.4) is 0 Å². The zero-order valence-corrected chi connectivity index (χ0v) is 15.8. The summed E-state index contributed by atoms with van der Waals surface area (Å²) in [6.45, 7) is 0.252. The number of carbonyl (C=O) groups is 2. The molecule has 0 N–H and O–H groups in total. The number of methoxy groups -OCH3 is 1. The van der Waals surface area contributed by atoms with E-state index in [2.05, 4.69) is 9.73 Å². The molecule has 0 aliphatic carbocycles. The Morgan fingerprint density at radius 2 is 1.96 bits per heavy atom. The van der Waals surface area contributed by atoms with Gasteiger partial charge in [0.05, 0.1) is 35.1 Å². The number of benzene rings is 2. The Labute approximate surface area is 163 Å². The number of aromatic nitrogens is 1. The van der Waals surface area contributed by atoms with Crippen molar-refractivity contribution in [2.45, 2.75) is 19.4 Å². The molecule has 0 aliphatic rings. The van der Waals surface area contributed by atoms with E-state index >= 15 is 0 Å². The van der Waals surface area contributed by atoms with Gasteiger partial charge in [-0.25, -0.2) is 0 Å². The lowest BCUT2D eigenvalue weighted by atomic mass is 10.1. The van der Waals surface area contributed by atoms with Crippen LogP contribution in [0.2, 0.25) is 0 Å². The third kappa shape index (κ3) is 4.49. The number of thiazole rings is 1. The number of ether oxygens (including phenoxy) is 1. The standard InChI is InChI=1S/C19H17N3O5S/c1-27-18(24)9-10-21-15-8-7-14(22(25)26)12-16(15)28-19(21)20-17(23)11-13-5-3-2-4-6-13/h2-8,12H,9-11H2,1H3. The van der Waals surface area contributed by atoms with E-state index in [1.54, 1.807) is 10.6 Å². The van der Waals surface area contributed by atoms with Crippen LogP contribution in [0.4, 0.5) is 5.69 Å². The van der Waals surface area contributed by atoms with E-state index in [4.69, 9.17) is 0 Å². The number of nitrogens with zero attached hydrogens (tertiary/aromatic N) is 3. The highest BCUT2D eigenvalue weighted by Crippen LogP contribution is 2.23. The van der Waals surface area contributed by atoms with Gasteiger partial charge in [-0.2, -0.15) is 4.99 Å². The Morgan fingerprint density at radius 1 is 1.21 bits per heavy atom. The van der Waals surface area contributed by atoms with Gasteiger partial charge in [0.1, 0.15) is 0 Å². The fourth-order valence-electron chi connectivity index (χ4n) is 2.70. The van der Waals surface area contributed by atoms with Gasteiger partial charge in [0, 0.05) is 18.7 Å². The predicted molar refractivity (Wildman–Crippen MR) is 104 cm³/mol. The Morgan fingerprint density at radius 3 is 2.64 bits per heavy atom. The zero-order chi connectivity index (χ0) is 20.1. The molecule has 0 spiro atoms. The molecule has 0 saturated carbocycles. The Balaban J connectivity index is 2.01. The molecule has 0 atom stereocenters. The summed E-state index contributed by atoms with van der Waals surface area (Å²) in [7, 11) is 1.30. The van der Waals surface area contributed by atoms with Crippen molar-refractivity contribution in [3.8, 4) is 0 Å². The molecule has 3 aromatic rings. The van der Waals surface area contributed by atoms with Crippen molar-refractivity contribution in [1.82, 2.24) is 4.57 Å². The summed E-state index contributed by atoms with van der Waals surface area (Å²) in [4.78, 5) is 39.1. The van der Waals surface area contributed by atoms with E-state index in [9.17, 15) is 19.7 Å². The van der Waals surface area contributed by atoms with E-state index in [1.807, 2.05) is 30.3 Å². The van der Waals surface area contributed by atoms with Crippen molar-refractivity contribution in [2.75, 3.05) is 7.11 Å². The summed E-state index contributed by atoms with van der Waals surface area (Å²) in [6.07, 6.45) is 0.242. The van der Waals surface area contributed by atoms with Gasteiger partial charge in [-0.1, -0.05) is 41.7 Å². The van der Waals surface area contributed by atoms with Gasteiger partial charge >= 0.3 is 5.97 Å². The second-order valence-electron chi connectivity index (χ2n) is 5.94. The lowest BCUT2D eigenvalue weighted by molar-refractivity contribution is -0.384. The molecule has 28 heavy (non-hydrogen) atoms. The van der Waals surface area contributed by atoms with Gasteiger partial charge < -0.3 is 9.30 Å². The van der Waals surface area contributed by atoms with Crippen LogP contribution < -0.4 is 4.80 Å². The minimum absolute atomic E-state index is 0.0453. The quantitative estimate of drug-likeness (QED) is 0.360. The molecule has 1 aromatic heterocycles. The lowest BCUT2D eigenvalue weighted by Crippen LogP contribution is -2.19. The fourth-order valence-corrected chi connectivity index (χ4v) is 3.81. The molecule has 0 unspecified atom stereocenters. The lowest BCUT2D eigenvalue weighted by Gasteiger charge is -2.04. The minimum Gasteiger partial charge on any atom is -0.469 e. The molecule has 3 rings (SSSR count). The number of rotatable bonds is 6. The maximum absolute atomic E-state index is 12.4. The molecular weight excluding hydrogens is 382 g/mol. The summed E-state index contributed by atoms with van der Waals surface area (Å²) < 4.78 is 7.00. The molecular formula is C19H17N3O5S. The number of hydrogen-bond acceptors (Lipinski definition) is 6. The van der Waals surface area contributed by atoms with Crippen LogP contribution in [0.25, 0.3) is 10.2 Å². The van der Waals surface area contributed by atoms with Crippen molar-refractivity contribution >= 4 is 39.1 Å². The highest BCUT2D eigenvalue weighted by atomic mass is 32.1. The van der Waals surface area contributed by atoms with Gasteiger partial charge in [-0.3, -0.25) is 19.7 Å². The first-order chi connectivity index (χ1) is 13.5. The van der Waals surface area contributed by atoms with Crippen molar-refractivity contribution in [2.24, 2.45) is 4.99 Å². The maximum Gasteiger partial charge on any atom is 0.307 e. The monoisotopic (exact) mass is 399 g/mol. The predicted octanol–water partition coefficient (Wildman–Crippen LogP) is 2.84. The first-order valence-electron chi connectivity index (χ1n) is 8.44. The van der Waals surface area contributed by atoms with Crippen molar-refractivity contribution in [3.63, 3.8) is 0 Å². The average Bonchev–Trinajstić information content (AvgIpc) is 3.02. The van der Waals surface area contributed by atoms with E-state index in [0.717, 1.165) is 5.56 Å². The molecule has 144 valence electrons. The third-order valence-electron chi connectivity index (χ3n) is 4.06. The number of fused-ring (bicyclic) bond motifs is 1. The summed E-state index contributed by atoms with van der Waals surface area (Å²) in [5, 5.41) is 11.0. The zero-order valence-electron chi connectivity index (χ0n) is 15.0. The topological polar surface area (TPSA) is 104 Å². The summed E-state index contributed by atoms with van der Waals surface area (Å²) >= 11 is 1.17. The molecule has 9 heteroatoms. The van der Waals surface area contributed by atoms with Gasteiger partial charge in [0.2, 0.25) is 0 Å². The SMILES string of the molecule is COC(=O)CCn1c(=NC(=O)Cc2ccccc2)sc2cc([N+](=O)[O-])ccc21. The van der Waals surface area contributed by atoms with Crippen LogP contribution in [-0.2, 0) is 27.3 Å². The molecule has 0 radical (unpaired) electrons. The number of esters is 1. The summed E-state index contributed by atoms with van der Waals surface area (Å²) in [5.74, 6) is -0.727. The number of hydrogen-bond donors (Lipinski definition) is 0. The number of non-ortho nitro benzene ring substituents is 1. The minimum atomic E-state index is -0.477. The molecule has 0 bridgehead atoms. The maximum atomic E-state index is 12.4. The van der Waals surface area contributed by atoms with Crippen LogP contribution in [0.1, 0.15) is 12.0 Å². The first kappa shape index (κ1) is 19.4. The highest BCUT2D eigenvalue weighted by Gasteiger charge is 2.14. The van der Waals surface area contributed by atoms with Crippen LogP contribution in [0.15, 0.2) is 53.5 Å². The van der Waals surface area contributed by atoms with Gasteiger partial charge in [0.15, 0.2) is 4.80 Å². The second-order valence-corrected chi connectivity index (χ2v) is 6.95.